The first-order valence-corrected chi connectivity index (χ1v) is 5.54. The molecule has 0 aromatic carbocycles. The van der Waals surface area contributed by atoms with Crippen molar-refractivity contribution >= 4 is 17.7 Å². The minimum Gasteiger partial charge on any atom is -0.480 e. The van der Waals surface area contributed by atoms with Crippen LogP contribution in [-0.4, -0.2) is 28.2 Å². The third kappa shape index (κ3) is 3.56. The van der Waals surface area contributed by atoms with E-state index in [0.717, 1.165) is 6.42 Å². The molecule has 1 saturated heterocycles. The van der Waals surface area contributed by atoms with E-state index in [1.807, 2.05) is 0 Å². The van der Waals surface area contributed by atoms with Crippen LogP contribution in [0.25, 0.3) is 0 Å². The van der Waals surface area contributed by atoms with Gasteiger partial charge < -0.3 is 5.11 Å². The Hall–Kier alpha value is -0.220. The van der Waals surface area contributed by atoms with E-state index in [9.17, 15) is 4.79 Å². The molecule has 0 aliphatic carbocycles. The number of carboxylic acid groups (broad SMARTS) is 1. The van der Waals surface area contributed by atoms with E-state index in [1.165, 1.54) is 0 Å². The van der Waals surface area contributed by atoms with Crippen molar-refractivity contribution in [3.63, 3.8) is 0 Å². The summed E-state index contributed by atoms with van der Waals surface area (Å²) >= 11 is 1.71. The SMILES string of the molecule is CC(C)(C)C[C@H]1N[C@H](C(=O)O)CS1. The second-order valence-corrected chi connectivity index (χ2v) is 5.88. The molecule has 0 saturated carbocycles. The van der Waals surface area contributed by atoms with Gasteiger partial charge in [-0.25, -0.2) is 0 Å². The number of nitrogens with one attached hydrogen (secondary N) is 1. The number of hydrogen-bond acceptors (Lipinski definition) is 3. The highest BCUT2D eigenvalue weighted by Crippen LogP contribution is 2.30. The van der Waals surface area contributed by atoms with Gasteiger partial charge in [-0.15, -0.1) is 11.8 Å². The van der Waals surface area contributed by atoms with Crippen molar-refractivity contribution in [1.82, 2.24) is 5.32 Å². The van der Waals surface area contributed by atoms with Gasteiger partial charge in [0.05, 0.1) is 5.37 Å². The highest BCUT2D eigenvalue weighted by atomic mass is 32.2. The Morgan fingerprint density at radius 3 is 2.62 bits per heavy atom. The molecule has 0 aromatic rings. The van der Waals surface area contributed by atoms with Gasteiger partial charge in [0.2, 0.25) is 0 Å². The van der Waals surface area contributed by atoms with E-state index in [4.69, 9.17) is 5.11 Å². The second-order valence-electron chi connectivity index (χ2n) is 4.64. The number of hydrogen-bond donors (Lipinski definition) is 2. The summed E-state index contributed by atoms with van der Waals surface area (Å²) in [5, 5.41) is 12.2. The third-order valence-electron chi connectivity index (χ3n) is 1.95. The maximum atomic E-state index is 10.6. The lowest BCUT2D eigenvalue weighted by molar-refractivity contribution is -0.138. The van der Waals surface area contributed by atoms with Crippen molar-refractivity contribution in [3.8, 4) is 0 Å². The molecule has 1 aliphatic heterocycles. The lowest BCUT2D eigenvalue weighted by Gasteiger charge is -2.22. The zero-order valence-electron chi connectivity index (χ0n) is 8.33. The van der Waals surface area contributed by atoms with Gasteiger partial charge in [-0.1, -0.05) is 20.8 Å². The molecule has 4 heteroatoms. The first-order valence-electron chi connectivity index (χ1n) is 4.49. The first-order chi connectivity index (χ1) is 5.88. The van der Waals surface area contributed by atoms with Crippen LogP contribution in [0.5, 0.6) is 0 Å². The molecule has 0 aromatic heterocycles. The molecule has 0 radical (unpaired) electrons. The lowest BCUT2D eigenvalue weighted by Crippen LogP contribution is -2.37. The van der Waals surface area contributed by atoms with Gasteiger partial charge in [-0.05, 0) is 11.8 Å². The standard InChI is InChI=1S/C9H17NO2S/c1-9(2,3)4-7-10-6(5-13-7)8(11)12/h6-7,10H,4-5H2,1-3H3,(H,11,12)/t6-,7-/m0/s1. The van der Waals surface area contributed by atoms with Crippen LogP contribution in [0.2, 0.25) is 0 Å². The molecule has 2 atom stereocenters. The number of rotatable bonds is 2. The summed E-state index contributed by atoms with van der Waals surface area (Å²) in [6, 6.07) is -0.350. The number of thioether (sulfide) groups is 1. The second kappa shape index (κ2) is 3.88. The van der Waals surface area contributed by atoms with Crippen molar-refractivity contribution in [3.05, 3.63) is 0 Å². The van der Waals surface area contributed by atoms with Crippen molar-refractivity contribution in [2.45, 2.75) is 38.6 Å². The Balaban J connectivity index is 2.38. The van der Waals surface area contributed by atoms with Crippen LogP contribution in [0.3, 0.4) is 0 Å². The van der Waals surface area contributed by atoms with Crippen LogP contribution in [0.4, 0.5) is 0 Å². The van der Waals surface area contributed by atoms with Crippen molar-refractivity contribution in [2.24, 2.45) is 5.41 Å². The fraction of sp³-hybridized carbons (Fsp3) is 0.889. The van der Waals surface area contributed by atoms with E-state index in [1.54, 1.807) is 11.8 Å². The van der Waals surface area contributed by atoms with Gasteiger partial charge >= 0.3 is 5.97 Å². The predicted molar refractivity (Wildman–Crippen MR) is 54.9 cm³/mol. The van der Waals surface area contributed by atoms with Crippen LogP contribution >= 0.6 is 11.8 Å². The maximum Gasteiger partial charge on any atom is 0.321 e. The molecule has 0 amide bonds. The van der Waals surface area contributed by atoms with E-state index in [0.29, 0.717) is 11.1 Å². The summed E-state index contributed by atoms with van der Waals surface area (Å²) in [4.78, 5) is 10.6. The first kappa shape index (κ1) is 10.9. The van der Waals surface area contributed by atoms with Crippen molar-refractivity contribution in [2.75, 3.05) is 5.75 Å². The number of aliphatic carboxylic acids is 1. The highest BCUT2D eigenvalue weighted by Gasteiger charge is 2.31. The van der Waals surface area contributed by atoms with Crippen LogP contribution in [0.1, 0.15) is 27.2 Å². The van der Waals surface area contributed by atoms with E-state index in [-0.39, 0.29) is 11.5 Å². The molecule has 13 heavy (non-hydrogen) atoms. The highest BCUT2D eigenvalue weighted by molar-refractivity contribution is 8.00. The summed E-state index contributed by atoms with van der Waals surface area (Å²) in [6.45, 7) is 6.51. The Bertz CT molecular complexity index is 200. The fourth-order valence-corrected chi connectivity index (χ4v) is 2.89. The van der Waals surface area contributed by atoms with Crippen LogP contribution in [-0.2, 0) is 4.79 Å². The fourth-order valence-electron chi connectivity index (χ4n) is 1.35. The summed E-state index contributed by atoms with van der Waals surface area (Å²) in [7, 11) is 0. The Labute approximate surface area is 83.3 Å². The van der Waals surface area contributed by atoms with Gasteiger partial charge in [0.15, 0.2) is 0 Å². The number of carbonyl (C=O) groups is 1. The van der Waals surface area contributed by atoms with E-state index >= 15 is 0 Å². The molecule has 1 rings (SSSR count). The average Bonchev–Trinajstić information content (AvgIpc) is 2.31. The Morgan fingerprint density at radius 1 is 1.62 bits per heavy atom. The van der Waals surface area contributed by atoms with Gasteiger partial charge in [0, 0.05) is 5.75 Å². The van der Waals surface area contributed by atoms with Gasteiger partial charge in [-0.2, -0.15) is 0 Å². The van der Waals surface area contributed by atoms with Gasteiger partial charge in [-0.3, -0.25) is 10.1 Å². The molecule has 0 spiro atoms. The largest absolute Gasteiger partial charge is 0.480 e. The maximum absolute atomic E-state index is 10.6. The molecule has 1 fully saturated rings. The molecule has 3 nitrogen and oxygen atoms in total. The summed E-state index contributed by atoms with van der Waals surface area (Å²) in [6.07, 6.45) is 1.02. The monoisotopic (exact) mass is 203 g/mol. The smallest absolute Gasteiger partial charge is 0.321 e. The third-order valence-corrected chi connectivity index (χ3v) is 3.18. The molecule has 76 valence electrons. The molecule has 0 bridgehead atoms. The van der Waals surface area contributed by atoms with Crippen molar-refractivity contribution in [1.29, 1.82) is 0 Å². The Kier molecular flexibility index (Phi) is 3.24. The van der Waals surface area contributed by atoms with Gasteiger partial charge in [0.25, 0.3) is 0 Å². The van der Waals surface area contributed by atoms with Crippen molar-refractivity contribution < 1.29 is 9.90 Å². The lowest BCUT2D eigenvalue weighted by atomic mass is 9.92. The minimum atomic E-state index is -0.732. The normalized spacial score (nSPS) is 29.2. The quantitative estimate of drug-likeness (QED) is 0.714. The molecule has 1 heterocycles. The van der Waals surface area contributed by atoms with Crippen LogP contribution < -0.4 is 5.32 Å². The summed E-state index contributed by atoms with van der Waals surface area (Å²) in [5.74, 6) is -0.0419. The van der Waals surface area contributed by atoms with Gasteiger partial charge in [0.1, 0.15) is 6.04 Å². The van der Waals surface area contributed by atoms with E-state index in [2.05, 4.69) is 26.1 Å². The minimum absolute atomic E-state index is 0.262. The molecular formula is C9H17NO2S. The molecule has 2 N–H and O–H groups in total. The molecule has 0 unspecified atom stereocenters. The molecular weight excluding hydrogens is 186 g/mol. The zero-order valence-corrected chi connectivity index (χ0v) is 9.15. The summed E-state index contributed by atoms with van der Waals surface area (Å²) in [5.41, 5.74) is 0.262. The Morgan fingerprint density at radius 2 is 2.23 bits per heavy atom. The van der Waals surface area contributed by atoms with Crippen LogP contribution in [0, 0.1) is 5.41 Å². The predicted octanol–water partition coefficient (Wildman–Crippen LogP) is 1.54. The topological polar surface area (TPSA) is 49.3 Å². The number of carboxylic acids is 1. The summed E-state index contributed by atoms with van der Waals surface area (Å²) < 4.78 is 0. The molecule has 1 aliphatic rings. The van der Waals surface area contributed by atoms with Crippen LogP contribution in [0.15, 0.2) is 0 Å². The zero-order chi connectivity index (χ0) is 10.1. The average molecular weight is 203 g/mol. The van der Waals surface area contributed by atoms with E-state index < -0.39 is 5.97 Å².